The lowest BCUT2D eigenvalue weighted by Gasteiger charge is -2.34. The van der Waals surface area contributed by atoms with Crippen molar-refractivity contribution in [3.8, 4) is 0 Å². The van der Waals surface area contributed by atoms with Crippen molar-refractivity contribution in [2.45, 2.75) is 35.3 Å². The van der Waals surface area contributed by atoms with Gasteiger partial charge in [-0.15, -0.1) is 11.8 Å². The van der Waals surface area contributed by atoms with Gasteiger partial charge in [-0.2, -0.15) is 0 Å². The van der Waals surface area contributed by atoms with Gasteiger partial charge in [-0.05, 0) is 44.0 Å². The number of benzene rings is 2. The van der Waals surface area contributed by atoms with Crippen molar-refractivity contribution in [2.24, 2.45) is 11.8 Å². The molecular formula is C25H26ClN3O4S. The number of aliphatic hydroxyl groups is 1. The van der Waals surface area contributed by atoms with Crippen molar-refractivity contribution < 1.29 is 19.5 Å². The van der Waals surface area contributed by atoms with Crippen molar-refractivity contribution in [2.75, 3.05) is 23.8 Å². The Balaban J connectivity index is 1.50. The van der Waals surface area contributed by atoms with Gasteiger partial charge in [-0.25, -0.2) is 0 Å². The number of para-hydroxylation sites is 2. The van der Waals surface area contributed by atoms with Crippen LogP contribution >= 0.6 is 23.4 Å². The monoisotopic (exact) mass is 499 g/mol. The van der Waals surface area contributed by atoms with Gasteiger partial charge in [0.15, 0.2) is 0 Å². The highest BCUT2D eigenvalue weighted by Gasteiger charge is 2.77. The van der Waals surface area contributed by atoms with E-state index in [2.05, 4.69) is 10.6 Å². The molecule has 3 saturated heterocycles. The Labute approximate surface area is 207 Å². The maximum Gasteiger partial charge on any atom is 0.248 e. The number of rotatable bonds is 6. The highest BCUT2D eigenvalue weighted by Crippen LogP contribution is 2.71. The normalized spacial score (nSPS) is 31.4. The predicted octanol–water partition coefficient (Wildman–Crippen LogP) is 3.39. The van der Waals surface area contributed by atoms with Gasteiger partial charge in [0.1, 0.15) is 6.04 Å². The first-order valence-electron chi connectivity index (χ1n) is 11.3. The van der Waals surface area contributed by atoms with Crippen LogP contribution in [0.15, 0.2) is 54.6 Å². The minimum atomic E-state index is -0.810. The number of carbonyl (C=O) groups is 3. The minimum absolute atomic E-state index is 0.0298. The van der Waals surface area contributed by atoms with Crippen molar-refractivity contribution in [3.63, 3.8) is 0 Å². The number of thioether (sulfide) groups is 1. The molecule has 2 bridgehead atoms. The SMILES string of the molecule is C[C@]12CCC3(S1)C(C(=O)Nc1ccccc1Cl)N(CCO)C(=O)[C@@H]3[C@H]2C(=O)Nc1ccccc1. The highest BCUT2D eigenvalue weighted by molar-refractivity contribution is 8.02. The van der Waals surface area contributed by atoms with Crippen LogP contribution in [0.5, 0.6) is 0 Å². The smallest absolute Gasteiger partial charge is 0.248 e. The number of aliphatic hydroxyl groups excluding tert-OH is 1. The number of hydrogen-bond donors (Lipinski definition) is 3. The Morgan fingerprint density at radius 3 is 2.50 bits per heavy atom. The minimum Gasteiger partial charge on any atom is -0.395 e. The molecule has 3 aliphatic rings. The van der Waals surface area contributed by atoms with E-state index < -0.39 is 27.4 Å². The van der Waals surface area contributed by atoms with E-state index in [4.69, 9.17) is 11.6 Å². The average molecular weight is 500 g/mol. The van der Waals surface area contributed by atoms with Gasteiger partial charge in [0, 0.05) is 17.0 Å². The molecule has 2 unspecified atom stereocenters. The fraction of sp³-hybridized carbons (Fsp3) is 0.400. The molecule has 1 spiro atoms. The second-order valence-corrected chi connectivity index (χ2v) is 11.6. The maximum atomic E-state index is 13.7. The van der Waals surface area contributed by atoms with Crippen LogP contribution in [0.3, 0.4) is 0 Å². The van der Waals surface area contributed by atoms with E-state index in [9.17, 15) is 19.5 Å². The summed E-state index contributed by atoms with van der Waals surface area (Å²) in [5, 5.41) is 16.0. The molecule has 3 amide bonds. The van der Waals surface area contributed by atoms with Crippen molar-refractivity contribution >= 4 is 52.5 Å². The van der Waals surface area contributed by atoms with E-state index in [1.165, 1.54) is 4.90 Å². The van der Waals surface area contributed by atoms with Gasteiger partial charge < -0.3 is 20.6 Å². The van der Waals surface area contributed by atoms with Gasteiger partial charge in [-0.1, -0.05) is 41.9 Å². The Bertz CT molecular complexity index is 1150. The predicted molar refractivity (Wildman–Crippen MR) is 133 cm³/mol. The summed E-state index contributed by atoms with van der Waals surface area (Å²) < 4.78 is -1.21. The molecule has 2 aromatic carbocycles. The lowest BCUT2D eigenvalue weighted by atomic mass is 9.66. The summed E-state index contributed by atoms with van der Waals surface area (Å²) in [7, 11) is 0. The fourth-order valence-corrected chi connectivity index (χ4v) is 8.52. The number of halogens is 1. The van der Waals surface area contributed by atoms with Gasteiger partial charge in [0.25, 0.3) is 0 Å². The molecule has 178 valence electrons. The van der Waals surface area contributed by atoms with Crippen LogP contribution in [-0.2, 0) is 14.4 Å². The molecule has 5 rings (SSSR count). The number of anilines is 2. The fourth-order valence-electron chi connectivity index (χ4n) is 5.98. The van der Waals surface area contributed by atoms with Crippen molar-refractivity contribution in [1.82, 2.24) is 4.90 Å². The zero-order valence-corrected chi connectivity index (χ0v) is 20.2. The van der Waals surface area contributed by atoms with Crippen LogP contribution in [0.1, 0.15) is 19.8 Å². The van der Waals surface area contributed by atoms with E-state index in [1.54, 1.807) is 36.0 Å². The van der Waals surface area contributed by atoms with E-state index in [-0.39, 0.29) is 30.9 Å². The Kier molecular flexibility index (Phi) is 5.86. The Morgan fingerprint density at radius 2 is 1.79 bits per heavy atom. The average Bonchev–Trinajstić information content (AvgIpc) is 3.37. The van der Waals surface area contributed by atoms with E-state index in [0.717, 1.165) is 6.42 Å². The highest BCUT2D eigenvalue weighted by atomic mass is 35.5. The second-order valence-electron chi connectivity index (χ2n) is 9.31. The molecule has 2 aromatic rings. The van der Waals surface area contributed by atoms with E-state index in [0.29, 0.717) is 22.8 Å². The van der Waals surface area contributed by atoms with Crippen LogP contribution in [0.25, 0.3) is 0 Å². The zero-order valence-electron chi connectivity index (χ0n) is 18.7. The summed E-state index contributed by atoms with van der Waals surface area (Å²) in [6, 6.07) is 15.3. The summed E-state index contributed by atoms with van der Waals surface area (Å²) in [4.78, 5) is 42.3. The summed E-state index contributed by atoms with van der Waals surface area (Å²) in [6.45, 7) is 1.78. The molecule has 7 nitrogen and oxygen atoms in total. The maximum absolute atomic E-state index is 13.7. The number of amides is 3. The summed E-state index contributed by atoms with van der Waals surface area (Å²) in [6.07, 6.45) is 1.36. The molecule has 34 heavy (non-hydrogen) atoms. The van der Waals surface area contributed by atoms with Gasteiger partial charge in [0.05, 0.1) is 33.9 Å². The number of nitrogens with zero attached hydrogens (tertiary/aromatic N) is 1. The molecule has 0 radical (unpaired) electrons. The third-order valence-electron chi connectivity index (χ3n) is 7.32. The van der Waals surface area contributed by atoms with Crippen LogP contribution in [-0.4, -0.2) is 56.4 Å². The first-order chi connectivity index (χ1) is 16.3. The zero-order chi connectivity index (χ0) is 24.1. The molecule has 3 aliphatic heterocycles. The summed E-state index contributed by atoms with van der Waals surface area (Å²) in [5.41, 5.74) is 1.14. The third kappa shape index (κ3) is 3.51. The molecule has 3 fully saturated rings. The molecule has 9 heteroatoms. The van der Waals surface area contributed by atoms with Crippen LogP contribution in [0.4, 0.5) is 11.4 Å². The van der Waals surface area contributed by atoms with E-state index in [1.807, 2.05) is 37.3 Å². The van der Waals surface area contributed by atoms with Gasteiger partial charge >= 0.3 is 0 Å². The summed E-state index contributed by atoms with van der Waals surface area (Å²) in [5.74, 6) is -2.04. The molecule has 0 saturated carbocycles. The molecule has 0 aromatic heterocycles. The molecule has 3 N–H and O–H groups in total. The third-order valence-corrected chi connectivity index (χ3v) is 9.64. The van der Waals surface area contributed by atoms with Crippen molar-refractivity contribution in [1.29, 1.82) is 0 Å². The molecular weight excluding hydrogens is 474 g/mol. The molecule has 0 aliphatic carbocycles. The second kappa shape index (κ2) is 8.59. The molecule has 5 atom stereocenters. The number of likely N-dealkylation sites (tertiary alicyclic amines) is 1. The number of carbonyl (C=O) groups excluding carboxylic acids is 3. The lowest BCUT2D eigenvalue weighted by molar-refractivity contribution is -0.139. The van der Waals surface area contributed by atoms with Crippen LogP contribution in [0.2, 0.25) is 5.02 Å². The van der Waals surface area contributed by atoms with E-state index >= 15 is 0 Å². The standard InChI is InChI=1S/C25H26ClN3O4S/c1-24-11-12-25(34-24)19(18(24)21(31)27-15-7-3-2-4-8-15)23(33)29(13-14-30)20(25)22(32)28-17-10-6-5-9-16(17)26/h2-10,18-20,30H,11-14H2,1H3,(H,27,31)(H,28,32)/t18-,19-,20?,24+,25?/m0/s1. The largest absolute Gasteiger partial charge is 0.395 e. The van der Waals surface area contributed by atoms with Gasteiger partial charge in [0.2, 0.25) is 17.7 Å². The number of nitrogens with one attached hydrogen (secondary N) is 2. The van der Waals surface area contributed by atoms with Crippen LogP contribution < -0.4 is 10.6 Å². The summed E-state index contributed by atoms with van der Waals surface area (Å²) >= 11 is 7.84. The first kappa shape index (κ1) is 23.2. The van der Waals surface area contributed by atoms with Crippen molar-refractivity contribution in [3.05, 3.63) is 59.6 Å². The number of hydrogen-bond acceptors (Lipinski definition) is 5. The first-order valence-corrected chi connectivity index (χ1v) is 12.5. The Hall–Kier alpha value is -2.55. The number of fused-ring (bicyclic) bond motifs is 1. The number of β-amino-alcohol motifs (C(OH)–C–C–N with tert-alkyl or cyclic N) is 1. The topological polar surface area (TPSA) is 98.7 Å². The Morgan fingerprint density at radius 1 is 1.09 bits per heavy atom. The van der Waals surface area contributed by atoms with Crippen LogP contribution in [0, 0.1) is 11.8 Å². The lowest BCUT2D eigenvalue weighted by Crippen LogP contribution is -2.52. The molecule has 3 heterocycles. The quantitative estimate of drug-likeness (QED) is 0.566. The van der Waals surface area contributed by atoms with Gasteiger partial charge in [-0.3, -0.25) is 14.4 Å².